The Morgan fingerprint density at radius 3 is 2.20 bits per heavy atom. The maximum Gasteiger partial charge on any atom is 0.243 e. The quantitative estimate of drug-likeness (QED) is 0.387. The monoisotopic (exact) mass is 514 g/mol. The summed E-state index contributed by atoms with van der Waals surface area (Å²) in [5, 5.41) is 3.71. The smallest absolute Gasteiger partial charge is 0.243 e. The number of hydrogen-bond acceptors (Lipinski definition) is 2. The van der Waals surface area contributed by atoms with Crippen LogP contribution in [0.5, 0.6) is 0 Å². The van der Waals surface area contributed by atoms with E-state index < -0.39 is 17.4 Å². The van der Waals surface area contributed by atoms with Gasteiger partial charge in [0.1, 0.15) is 11.9 Å². The molecule has 1 atom stereocenters. The minimum Gasteiger partial charge on any atom is -0.350 e. The van der Waals surface area contributed by atoms with Gasteiger partial charge in [-0.1, -0.05) is 77.8 Å². The van der Waals surface area contributed by atoms with Gasteiger partial charge in [-0.05, 0) is 50.1 Å². The molecule has 0 fully saturated rings. The van der Waals surface area contributed by atoms with Crippen LogP contribution < -0.4 is 5.32 Å². The second-order valence-corrected chi connectivity index (χ2v) is 10.3. The summed E-state index contributed by atoms with van der Waals surface area (Å²) in [5.41, 5.74) is 1.36. The van der Waals surface area contributed by atoms with Crippen molar-refractivity contribution >= 4 is 35.0 Å². The number of halogens is 3. The molecular weight excluding hydrogens is 486 g/mol. The van der Waals surface area contributed by atoms with Gasteiger partial charge in [0.2, 0.25) is 11.8 Å². The third kappa shape index (κ3) is 7.81. The molecule has 0 bridgehead atoms. The van der Waals surface area contributed by atoms with Crippen molar-refractivity contribution < 1.29 is 14.0 Å². The van der Waals surface area contributed by atoms with Crippen LogP contribution in [-0.2, 0) is 29.0 Å². The van der Waals surface area contributed by atoms with Crippen LogP contribution in [-0.4, -0.2) is 28.3 Å². The predicted octanol–water partition coefficient (Wildman–Crippen LogP) is 6.23. The lowest BCUT2D eigenvalue weighted by molar-refractivity contribution is -0.141. The van der Waals surface area contributed by atoms with Crippen LogP contribution in [0.25, 0.3) is 0 Å². The molecule has 0 heterocycles. The highest BCUT2D eigenvalue weighted by molar-refractivity contribution is 6.42. The number of nitrogens with one attached hydrogen (secondary N) is 1. The van der Waals surface area contributed by atoms with Gasteiger partial charge in [0.05, 0.1) is 16.5 Å². The molecule has 0 aliphatic carbocycles. The number of hydrogen-bond donors (Lipinski definition) is 1. The topological polar surface area (TPSA) is 49.4 Å². The third-order valence-corrected chi connectivity index (χ3v) is 6.15. The highest BCUT2D eigenvalue weighted by Gasteiger charge is 2.32. The Hall–Kier alpha value is -2.89. The molecule has 0 aliphatic heterocycles. The van der Waals surface area contributed by atoms with Crippen LogP contribution in [0.1, 0.15) is 37.5 Å². The first-order valence-electron chi connectivity index (χ1n) is 11.4. The second kappa shape index (κ2) is 11.7. The summed E-state index contributed by atoms with van der Waals surface area (Å²) < 4.78 is 14.6. The first-order valence-corrected chi connectivity index (χ1v) is 12.1. The fourth-order valence-electron chi connectivity index (χ4n) is 3.74. The molecule has 2 amide bonds. The molecule has 0 saturated carbocycles. The van der Waals surface area contributed by atoms with E-state index in [-0.39, 0.29) is 31.2 Å². The Morgan fingerprint density at radius 2 is 1.57 bits per heavy atom. The van der Waals surface area contributed by atoms with Gasteiger partial charge in [-0.15, -0.1) is 0 Å². The molecule has 7 heteroatoms. The standard InChI is InChI=1S/C28H29Cl2FN2O2/c1-28(2,3)32-27(35)25(16-19-9-5-4-6-10-19)33(18-21-11-7-8-12-24(21)31)26(34)17-20-13-14-22(29)23(30)15-20/h4-15,25H,16-18H2,1-3H3,(H,32,35). The molecule has 184 valence electrons. The molecule has 0 saturated heterocycles. The van der Waals surface area contributed by atoms with Crippen molar-refractivity contribution in [2.75, 3.05) is 0 Å². The summed E-state index contributed by atoms with van der Waals surface area (Å²) in [6.07, 6.45) is 0.268. The van der Waals surface area contributed by atoms with E-state index in [4.69, 9.17) is 23.2 Å². The Kier molecular flexibility index (Phi) is 8.92. The van der Waals surface area contributed by atoms with E-state index in [2.05, 4.69) is 5.32 Å². The summed E-state index contributed by atoms with van der Waals surface area (Å²) in [7, 11) is 0. The Bertz CT molecular complexity index is 1180. The fraction of sp³-hybridized carbons (Fsp3) is 0.286. The van der Waals surface area contributed by atoms with Gasteiger partial charge >= 0.3 is 0 Å². The molecule has 4 nitrogen and oxygen atoms in total. The highest BCUT2D eigenvalue weighted by atomic mass is 35.5. The SMILES string of the molecule is CC(C)(C)NC(=O)C(Cc1ccccc1)N(Cc1ccccc1F)C(=O)Cc1ccc(Cl)c(Cl)c1. The number of carbonyl (C=O) groups is 2. The molecule has 35 heavy (non-hydrogen) atoms. The minimum absolute atomic E-state index is 0.0145. The minimum atomic E-state index is -0.855. The Labute approximate surface area is 216 Å². The van der Waals surface area contributed by atoms with Crippen molar-refractivity contribution in [3.63, 3.8) is 0 Å². The zero-order valence-corrected chi connectivity index (χ0v) is 21.5. The summed E-state index contributed by atoms with van der Waals surface area (Å²) in [6.45, 7) is 5.58. The molecule has 1 unspecified atom stereocenters. The lowest BCUT2D eigenvalue weighted by Crippen LogP contribution is -2.54. The van der Waals surface area contributed by atoms with E-state index >= 15 is 0 Å². The maximum atomic E-state index is 14.6. The summed E-state index contributed by atoms with van der Waals surface area (Å²) in [6, 6.07) is 19.8. The van der Waals surface area contributed by atoms with Crippen molar-refractivity contribution in [2.45, 2.75) is 51.7 Å². The van der Waals surface area contributed by atoms with Gasteiger partial charge in [0, 0.05) is 24.1 Å². The van der Waals surface area contributed by atoms with Gasteiger partial charge in [-0.2, -0.15) is 0 Å². The molecule has 0 aliphatic rings. The molecule has 3 rings (SSSR count). The largest absolute Gasteiger partial charge is 0.350 e. The van der Waals surface area contributed by atoms with Crippen LogP contribution in [0.15, 0.2) is 72.8 Å². The number of benzene rings is 3. The first-order chi connectivity index (χ1) is 16.5. The average Bonchev–Trinajstić information content (AvgIpc) is 2.79. The number of carbonyl (C=O) groups excluding carboxylic acids is 2. The highest BCUT2D eigenvalue weighted by Crippen LogP contribution is 2.24. The molecule has 1 N–H and O–H groups in total. The normalized spacial score (nSPS) is 12.2. The van der Waals surface area contributed by atoms with E-state index in [0.29, 0.717) is 21.2 Å². The Morgan fingerprint density at radius 1 is 0.914 bits per heavy atom. The van der Waals surface area contributed by atoms with Crippen molar-refractivity contribution in [3.05, 3.63) is 105 Å². The van der Waals surface area contributed by atoms with E-state index in [1.807, 2.05) is 51.1 Å². The maximum absolute atomic E-state index is 14.6. The molecule has 0 aromatic heterocycles. The molecule has 0 spiro atoms. The van der Waals surface area contributed by atoms with Crippen LogP contribution >= 0.6 is 23.2 Å². The van der Waals surface area contributed by atoms with Crippen molar-refractivity contribution in [2.24, 2.45) is 0 Å². The lowest BCUT2D eigenvalue weighted by Gasteiger charge is -2.34. The summed E-state index contributed by atoms with van der Waals surface area (Å²) in [4.78, 5) is 28.6. The van der Waals surface area contributed by atoms with Gasteiger partial charge < -0.3 is 10.2 Å². The van der Waals surface area contributed by atoms with Gasteiger partial charge in [-0.3, -0.25) is 9.59 Å². The zero-order chi connectivity index (χ0) is 25.6. The third-order valence-electron chi connectivity index (χ3n) is 5.41. The van der Waals surface area contributed by atoms with Gasteiger partial charge in [-0.25, -0.2) is 4.39 Å². The van der Waals surface area contributed by atoms with E-state index in [9.17, 15) is 14.0 Å². The van der Waals surface area contributed by atoms with Gasteiger partial charge in [0.15, 0.2) is 0 Å². The molecular formula is C28H29Cl2FN2O2. The van der Waals surface area contributed by atoms with Gasteiger partial charge in [0.25, 0.3) is 0 Å². The Balaban J connectivity index is 2.01. The summed E-state index contributed by atoms with van der Waals surface area (Å²) in [5.74, 6) is -1.06. The van der Waals surface area contributed by atoms with Crippen molar-refractivity contribution in [3.8, 4) is 0 Å². The number of amides is 2. The number of nitrogens with zero attached hydrogens (tertiary/aromatic N) is 1. The molecule has 0 radical (unpaired) electrons. The second-order valence-electron chi connectivity index (χ2n) is 9.48. The van der Waals surface area contributed by atoms with Crippen LogP contribution in [0.3, 0.4) is 0 Å². The van der Waals surface area contributed by atoms with Crippen molar-refractivity contribution in [1.82, 2.24) is 10.2 Å². The lowest BCUT2D eigenvalue weighted by atomic mass is 9.99. The van der Waals surface area contributed by atoms with Crippen LogP contribution in [0, 0.1) is 5.82 Å². The molecule has 3 aromatic rings. The van der Waals surface area contributed by atoms with E-state index in [1.54, 1.807) is 36.4 Å². The predicted molar refractivity (Wildman–Crippen MR) is 139 cm³/mol. The first kappa shape index (κ1) is 26.7. The van der Waals surface area contributed by atoms with E-state index in [1.165, 1.54) is 11.0 Å². The summed E-state index contributed by atoms with van der Waals surface area (Å²) >= 11 is 12.2. The van der Waals surface area contributed by atoms with E-state index in [0.717, 1.165) is 5.56 Å². The fourth-order valence-corrected chi connectivity index (χ4v) is 4.06. The van der Waals surface area contributed by atoms with Crippen LogP contribution in [0.4, 0.5) is 4.39 Å². The van der Waals surface area contributed by atoms with Crippen molar-refractivity contribution in [1.29, 1.82) is 0 Å². The molecule has 3 aromatic carbocycles. The number of rotatable bonds is 8. The van der Waals surface area contributed by atoms with Crippen LogP contribution in [0.2, 0.25) is 10.0 Å². The zero-order valence-electron chi connectivity index (χ0n) is 20.0. The average molecular weight is 515 g/mol.